The van der Waals surface area contributed by atoms with Crippen LogP contribution in [0.5, 0.6) is 5.75 Å². The molecule has 0 bridgehead atoms. The Hall–Kier alpha value is -2.89. The molecule has 27 heavy (non-hydrogen) atoms. The third-order valence-electron chi connectivity index (χ3n) is 4.30. The number of carbonyl (C=O) groups excluding carboxylic acids is 2. The summed E-state index contributed by atoms with van der Waals surface area (Å²) in [5, 5.41) is 2.77. The Bertz CT molecular complexity index is 805. The quantitative estimate of drug-likeness (QED) is 0.725. The lowest BCUT2D eigenvalue weighted by molar-refractivity contribution is -0.121. The van der Waals surface area contributed by atoms with E-state index in [1.165, 1.54) is 0 Å². The van der Waals surface area contributed by atoms with E-state index < -0.39 is 0 Å². The normalized spacial score (nSPS) is 10.4. The third-order valence-corrected chi connectivity index (χ3v) is 4.30. The SMILES string of the molecule is CCC(=O)NCCOc1cncc(-c2ccc(N(C)C(=O)CC)c(C)c2)c1. The van der Waals surface area contributed by atoms with Gasteiger partial charge in [-0.05, 0) is 36.2 Å². The first-order chi connectivity index (χ1) is 13.0. The van der Waals surface area contributed by atoms with Crippen LogP contribution in [0.25, 0.3) is 11.1 Å². The van der Waals surface area contributed by atoms with E-state index in [1.807, 2.05) is 45.0 Å². The number of carbonyl (C=O) groups is 2. The zero-order valence-corrected chi connectivity index (χ0v) is 16.4. The molecule has 0 aliphatic rings. The molecule has 1 aromatic heterocycles. The number of anilines is 1. The van der Waals surface area contributed by atoms with Gasteiger partial charge >= 0.3 is 0 Å². The number of aromatic nitrogens is 1. The van der Waals surface area contributed by atoms with Gasteiger partial charge < -0.3 is 15.0 Å². The van der Waals surface area contributed by atoms with E-state index in [4.69, 9.17) is 4.74 Å². The highest BCUT2D eigenvalue weighted by molar-refractivity contribution is 5.93. The topological polar surface area (TPSA) is 71.5 Å². The van der Waals surface area contributed by atoms with E-state index in [9.17, 15) is 9.59 Å². The molecule has 0 spiro atoms. The summed E-state index contributed by atoms with van der Waals surface area (Å²) < 4.78 is 5.67. The molecule has 1 heterocycles. The van der Waals surface area contributed by atoms with Gasteiger partial charge in [-0.1, -0.05) is 19.9 Å². The highest BCUT2D eigenvalue weighted by Gasteiger charge is 2.12. The fourth-order valence-electron chi connectivity index (χ4n) is 2.72. The predicted molar refractivity (Wildman–Crippen MR) is 107 cm³/mol. The van der Waals surface area contributed by atoms with Gasteiger partial charge in [-0.2, -0.15) is 0 Å². The molecule has 0 aliphatic carbocycles. The maximum absolute atomic E-state index is 11.9. The van der Waals surface area contributed by atoms with Crippen LogP contribution >= 0.6 is 0 Å². The van der Waals surface area contributed by atoms with Crippen molar-refractivity contribution in [3.8, 4) is 16.9 Å². The van der Waals surface area contributed by atoms with E-state index in [2.05, 4.69) is 10.3 Å². The standard InChI is InChI=1S/C21H27N3O3/c1-5-20(25)23-9-10-27-18-12-17(13-22-14-18)16-7-8-19(15(3)11-16)24(4)21(26)6-2/h7-8,11-14H,5-6,9-10H2,1-4H3,(H,23,25). The second kappa shape index (κ2) is 9.71. The molecule has 0 unspecified atom stereocenters. The summed E-state index contributed by atoms with van der Waals surface area (Å²) in [4.78, 5) is 29.1. The first kappa shape index (κ1) is 20.4. The van der Waals surface area contributed by atoms with Gasteiger partial charge in [-0.15, -0.1) is 0 Å². The molecule has 0 aliphatic heterocycles. The van der Waals surface area contributed by atoms with Crippen LogP contribution in [-0.4, -0.2) is 37.0 Å². The van der Waals surface area contributed by atoms with Gasteiger partial charge in [-0.25, -0.2) is 0 Å². The fourth-order valence-corrected chi connectivity index (χ4v) is 2.72. The van der Waals surface area contributed by atoms with E-state index in [1.54, 1.807) is 24.3 Å². The third kappa shape index (κ3) is 5.54. The van der Waals surface area contributed by atoms with E-state index in [-0.39, 0.29) is 11.8 Å². The minimum absolute atomic E-state index is 0.00700. The van der Waals surface area contributed by atoms with Crippen LogP contribution < -0.4 is 15.0 Å². The Kier molecular flexibility index (Phi) is 7.34. The van der Waals surface area contributed by atoms with Crippen molar-refractivity contribution in [2.75, 3.05) is 25.1 Å². The Morgan fingerprint density at radius 1 is 1.11 bits per heavy atom. The Labute approximate surface area is 160 Å². The minimum Gasteiger partial charge on any atom is -0.490 e. The van der Waals surface area contributed by atoms with Crippen molar-refractivity contribution in [1.82, 2.24) is 10.3 Å². The number of hydrogen-bond donors (Lipinski definition) is 1. The molecular formula is C21H27N3O3. The molecule has 1 N–H and O–H groups in total. The number of nitrogens with zero attached hydrogens (tertiary/aromatic N) is 2. The lowest BCUT2D eigenvalue weighted by Crippen LogP contribution is -2.27. The zero-order valence-electron chi connectivity index (χ0n) is 16.4. The number of rotatable bonds is 8. The van der Waals surface area contributed by atoms with Crippen LogP contribution in [0.1, 0.15) is 32.3 Å². The lowest BCUT2D eigenvalue weighted by atomic mass is 10.0. The summed E-state index contributed by atoms with van der Waals surface area (Å²) in [6.07, 6.45) is 4.37. The number of amides is 2. The molecule has 6 heteroatoms. The van der Waals surface area contributed by atoms with Gasteiger partial charge in [0.25, 0.3) is 0 Å². The number of pyridine rings is 1. The predicted octanol–water partition coefficient (Wildman–Crippen LogP) is 3.33. The lowest BCUT2D eigenvalue weighted by Gasteiger charge is -2.19. The number of hydrogen-bond acceptors (Lipinski definition) is 4. The molecule has 0 atom stereocenters. The molecule has 6 nitrogen and oxygen atoms in total. The second-order valence-corrected chi connectivity index (χ2v) is 6.27. The molecule has 0 saturated carbocycles. The maximum atomic E-state index is 11.9. The maximum Gasteiger partial charge on any atom is 0.226 e. The van der Waals surface area contributed by atoms with Crippen LogP contribution in [0.3, 0.4) is 0 Å². The van der Waals surface area contributed by atoms with Crippen molar-refractivity contribution in [3.63, 3.8) is 0 Å². The van der Waals surface area contributed by atoms with E-state index in [0.717, 1.165) is 22.4 Å². The molecule has 1 aromatic carbocycles. The smallest absolute Gasteiger partial charge is 0.226 e. The van der Waals surface area contributed by atoms with Crippen molar-refractivity contribution < 1.29 is 14.3 Å². The summed E-state index contributed by atoms with van der Waals surface area (Å²) in [5.74, 6) is 0.740. The van der Waals surface area contributed by atoms with Crippen molar-refractivity contribution in [3.05, 3.63) is 42.2 Å². The van der Waals surface area contributed by atoms with Gasteiger partial charge in [-0.3, -0.25) is 14.6 Å². The molecule has 144 valence electrons. The molecular weight excluding hydrogens is 342 g/mol. The fraction of sp³-hybridized carbons (Fsp3) is 0.381. The van der Waals surface area contributed by atoms with Crippen LogP contribution in [0.4, 0.5) is 5.69 Å². The van der Waals surface area contributed by atoms with Crippen LogP contribution in [0.15, 0.2) is 36.7 Å². The average molecular weight is 369 g/mol. The molecule has 2 rings (SSSR count). The number of benzene rings is 1. The number of nitrogens with one attached hydrogen (secondary N) is 1. The molecule has 2 amide bonds. The van der Waals surface area contributed by atoms with Crippen LogP contribution in [0.2, 0.25) is 0 Å². The molecule has 0 saturated heterocycles. The first-order valence-electron chi connectivity index (χ1n) is 9.18. The van der Waals surface area contributed by atoms with Gasteiger partial charge in [0.15, 0.2) is 0 Å². The Morgan fingerprint density at radius 2 is 1.89 bits per heavy atom. The van der Waals surface area contributed by atoms with Crippen molar-refractivity contribution >= 4 is 17.5 Å². The summed E-state index contributed by atoms with van der Waals surface area (Å²) >= 11 is 0. The highest BCUT2D eigenvalue weighted by Crippen LogP contribution is 2.28. The Balaban J connectivity index is 2.09. The number of ether oxygens (including phenoxy) is 1. The minimum atomic E-state index is 0.00700. The molecule has 0 fully saturated rings. The largest absolute Gasteiger partial charge is 0.490 e. The van der Waals surface area contributed by atoms with Gasteiger partial charge in [0.05, 0.1) is 12.7 Å². The summed E-state index contributed by atoms with van der Waals surface area (Å²) in [5.41, 5.74) is 3.86. The van der Waals surface area contributed by atoms with Gasteiger partial charge in [0, 0.05) is 37.3 Å². The van der Waals surface area contributed by atoms with Gasteiger partial charge in [0.1, 0.15) is 12.4 Å². The monoisotopic (exact) mass is 369 g/mol. The Morgan fingerprint density at radius 3 is 2.56 bits per heavy atom. The summed E-state index contributed by atoms with van der Waals surface area (Å²) in [7, 11) is 1.79. The van der Waals surface area contributed by atoms with E-state index >= 15 is 0 Å². The van der Waals surface area contributed by atoms with Crippen molar-refractivity contribution in [1.29, 1.82) is 0 Å². The summed E-state index contributed by atoms with van der Waals surface area (Å²) in [6.45, 7) is 6.50. The first-order valence-corrected chi connectivity index (χ1v) is 9.18. The van der Waals surface area contributed by atoms with Gasteiger partial charge in [0.2, 0.25) is 11.8 Å². The number of aryl methyl sites for hydroxylation is 1. The van der Waals surface area contributed by atoms with Crippen LogP contribution in [-0.2, 0) is 9.59 Å². The average Bonchev–Trinajstić information content (AvgIpc) is 2.70. The van der Waals surface area contributed by atoms with Crippen molar-refractivity contribution in [2.45, 2.75) is 33.6 Å². The molecule has 2 aromatic rings. The van der Waals surface area contributed by atoms with Crippen LogP contribution in [0, 0.1) is 6.92 Å². The summed E-state index contributed by atoms with van der Waals surface area (Å²) in [6, 6.07) is 7.89. The second-order valence-electron chi connectivity index (χ2n) is 6.27. The molecule has 0 radical (unpaired) electrons. The van der Waals surface area contributed by atoms with E-state index in [0.29, 0.717) is 31.7 Å². The highest BCUT2D eigenvalue weighted by atomic mass is 16.5. The zero-order chi connectivity index (χ0) is 19.8. The van der Waals surface area contributed by atoms with Crippen molar-refractivity contribution in [2.24, 2.45) is 0 Å².